The second-order valence-corrected chi connectivity index (χ2v) is 5.56. The topological polar surface area (TPSA) is 35.5 Å². The molecule has 7 heteroatoms. The average Bonchev–Trinajstić information content (AvgIpc) is 2.43. The minimum absolute atomic E-state index is 0.178. The van der Waals surface area contributed by atoms with Crippen LogP contribution in [0.25, 0.3) is 0 Å². The lowest BCUT2D eigenvalue weighted by Crippen LogP contribution is -2.51. The largest absolute Gasteiger partial charge is 0.390 e. The molecule has 1 atom stereocenters. The van der Waals surface area contributed by atoms with Gasteiger partial charge in [-0.05, 0) is 12.1 Å². The molecule has 0 radical (unpaired) electrons. The third kappa shape index (κ3) is 3.23. The van der Waals surface area contributed by atoms with Crippen molar-refractivity contribution in [2.24, 2.45) is 0 Å². The molecule has 2 N–H and O–H groups in total. The van der Waals surface area contributed by atoms with Gasteiger partial charge in [-0.1, -0.05) is 29.3 Å². The van der Waals surface area contributed by atoms with Crippen LogP contribution in [-0.4, -0.2) is 48.7 Å². The fraction of sp³-hybridized carbons (Fsp3) is 0.538. The monoisotopic (exact) mass is 324 g/mol. The summed E-state index contributed by atoms with van der Waals surface area (Å²) in [5.74, 6) is -3.31. The summed E-state index contributed by atoms with van der Waals surface area (Å²) >= 11 is 12.1. The molecule has 0 unspecified atom stereocenters. The van der Waals surface area contributed by atoms with E-state index in [-0.39, 0.29) is 15.6 Å². The Morgan fingerprint density at radius 2 is 1.80 bits per heavy atom. The van der Waals surface area contributed by atoms with Gasteiger partial charge in [-0.2, -0.15) is 0 Å². The van der Waals surface area contributed by atoms with Crippen molar-refractivity contribution in [2.45, 2.75) is 12.0 Å². The third-order valence-electron chi connectivity index (χ3n) is 3.40. The van der Waals surface area contributed by atoms with E-state index in [9.17, 15) is 8.78 Å². The first-order chi connectivity index (χ1) is 9.47. The molecule has 1 aliphatic heterocycles. The van der Waals surface area contributed by atoms with Gasteiger partial charge >= 0.3 is 0 Å². The normalized spacial score (nSPS) is 19.1. The summed E-state index contributed by atoms with van der Waals surface area (Å²) in [4.78, 5) is 1.61. The molecule has 0 spiro atoms. The Balaban J connectivity index is 2.45. The molecular formula is C13H16Cl2F2N2O. The van der Waals surface area contributed by atoms with Crippen molar-refractivity contribution in [1.82, 2.24) is 10.2 Å². The molecule has 1 aromatic rings. The molecule has 1 heterocycles. The number of rotatable bonds is 4. The summed E-state index contributed by atoms with van der Waals surface area (Å²) in [5.41, 5.74) is 0.178. The van der Waals surface area contributed by atoms with Crippen molar-refractivity contribution in [2.75, 3.05) is 32.8 Å². The van der Waals surface area contributed by atoms with Crippen LogP contribution < -0.4 is 5.32 Å². The number of alkyl halides is 2. The van der Waals surface area contributed by atoms with Gasteiger partial charge in [0, 0.05) is 41.8 Å². The highest BCUT2D eigenvalue weighted by atomic mass is 35.5. The van der Waals surface area contributed by atoms with E-state index in [2.05, 4.69) is 5.32 Å². The molecule has 0 amide bonds. The SMILES string of the molecule is OCC(F)(F)[C@@H](c1c(Cl)cccc1Cl)N1CCNCC1. The Bertz CT molecular complexity index is 447. The summed E-state index contributed by atoms with van der Waals surface area (Å²) in [6.45, 7) is 0.868. The first-order valence-corrected chi connectivity index (χ1v) is 7.10. The van der Waals surface area contributed by atoms with Gasteiger partial charge in [-0.15, -0.1) is 0 Å². The molecule has 20 heavy (non-hydrogen) atoms. The Kier molecular flexibility index (Phi) is 5.20. The number of hydrogen-bond acceptors (Lipinski definition) is 3. The molecule has 1 aliphatic rings. The van der Waals surface area contributed by atoms with Crippen LogP contribution in [0.3, 0.4) is 0 Å². The maximum atomic E-state index is 14.2. The van der Waals surface area contributed by atoms with Crippen LogP contribution in [0.5, 0.6) is 0 Å². The van der Waals surface area contributed by atoms with E-state index in [1.54, 1.807) is 11.0 Å². The molecule has 1 aromatic carbocycles. The molecule has 0 saturated carbocycles. The highest BCUT2D eigenvalue weighted by Gasteiger charge is 2.45. The number of hydrogen-bond donors (Lipinski definition) is 2. The van der Waals surface area contributed by atoms with Crippen LogP contribution >= 0.6 is 23.2 Å². The number of benzene rings is 1. The molecule has 0 bridgehead atoms. The molecule has 1 fully saturated rings. The van der Waals surface area contributed by atoms with E-state index in [0.29, 0.717) is 26.2 Å². The van der Waals surface area contributed by atoms with Crippen LogP contribution in [-0.2, 0) is 0 Å². The number of piperazine rings is 1. The van der Waals surface area contributed by atoms with Gasteiger partial charge in [-0.25, -0.2) is 8.78 Å². The predicted molar refractivity (Wildman–Crippen MR) is 75.7 cm³/mol. The highest BCUT2D eigenvalue weighted by molar-refractivity contribution is 6.36. The molecule has 0 aromatic heterocycles. The summed E-state index contributed by atoms with van der Waals surface area (Å²) in [7, 11) is 0. The Labute approximate surface area is 126 Å². The van der Waals surface area contributed by atoms with Crippen LogP contribution in [0.2, 0.25) is 10.0 Å². The van der Waals surface area contributed by atoms with Crippen LogP contribution in [0, 0.1) is 0 Å². The highest BCUT2D eigenvalue weighted by Crippen LogP contribution is 2.42. The number of aliphatic hydroxyl groups is 1. The van der Waals surface area contributed by atoms with Crippen molar-refractivity contribution >= 4 is 23.2 Å². The van der Waals surface area contributed by atoms with Gasteiger partial charge in [0.05, 0.1) is 0 Å². The number of nitrogens with one attached hydrogen (secondary N) is 1. The summed E-state index contributed by atoms with van der Waals surface area (Å²) in [5, 5.41) is 12.5. The number of nitrogens with zero attached hydrogens (tertiary/aromatic N) is 1. The Morgan fingerprint density at radius 3 is 2.30 bits per heavy atom. The first kappa shape index (κ1) is 15.9. The van der Waals surface area contributed by atoms with Gasteiger partial charge in [0.15, 0.2) is 0 Å². The Morgan fingerprint density at radius 1 is 1.25 bits per heavy atom. The zero-order valence-corrected chi connectivity index (χ0v) is 12.3. The molecule has 3 nitrogen and oxygen atoms in total. The second kappa shape index (κ2) is 6.54. The maximum absolute atomic E-state index is 14.2. The minimum Gasteiger partial charge on any atom is -0.390 e. The van der Waals surface area contributed by atoms with Gasteiger partial charge < -0.3 is 10.4 Å². The lowest BCUT2D eigenvalue weighted by molar-refractivity contribution is -0.118. The fourth-order valence-corrected chi connectivity index (χ4v) is 3.06. The van der Waals surface area contributed by atoms with Gasteiger partial charge in [0.1, 0.15) is 12.6 Å². The minimum atomic E-state index is -3.31. The predicted octanol–water partition coefficient (Wildman–Crippen LogP) is 2.57. The number of aliphatic hydroxyl groups excluding tert-OH is 1. The third-order valence-corrected chi connectivity index (χ3v) is 4.06. The maximum Gasteiger partial charge on any atom is 0.290 e. The second-order valence-electron chi connectivity index (χ2n) is 4.74. The van der Waals surface area contributed by atoms with E-state index in [1.165, 1.54) is 12.1 Å². The molecule has 112 valence electrons. The van der Waals surface area contributed by atoms with Gasteiger partial charge in [0.2, 0.25) is 0 Å². The van der Waals surface area contributed by atoms with Crippen LogP contribution in [0.15, 0.2) is 18.2 Å². The summed E-state index contributed by atoms with van der Waals surface area (Å²) in [6.07, 6.45) is 0. The molecule has 0 aliphatic carbocycles. The molecular weight excluding hydrogens is 309 g/mol. The van der Waals surface area contributed by atoms with E-state index < -0.39 is 18.6 Å². The van der Waals surface area contributed by atoms with Gasteiger partial charge in [-0.3, -0.25) is 4.90 Å². The van der Waals surface area contributed by atoms with Crippen LogP contribution in [0.1, 0.15) is 11.6 Å². The molecule has 2 rings (SSSR count). The number of halogens is 4. The van der Waals surface area contributed by atoms with E-state index in [4.69, 9.17) is 28.3 Å². The smallest absolute Gasteiger partial charge is 0.290 e. The van der Waals surface area contributed by atoms with Crippen molar-refractivity contribution in [3.63, 3.8) is 0 Å². The summed E-state index contributed by atoms with van der Waals surface area (Å²) in [6, 6.07) is 3.35. The van der Waals surface area contributed by atoms with E-state index >= 15 is 0 Å². The van der Waals surface area contributed by atoms with Crippen molar-refractivity contribution in [1.29, 1.82) is 0 Å². The zero-order valence-electron chi connectivity index (χ0n) is 10.8. The quantitative estimate of drug-likeness (QED) is 0.893. The summed E-state index contributed by atoms with van der Waals surface area (Å²) < 4.78 is 28.4. The van der Waals surface area contributed by atoms with E-state index in [0.717, 1.165) is 0 Å². The standard InChI is InChI=1S/C13H16Cl2F2N2O/c14-9-2-1-3-10(15)11(9)12(13(16,17)8-20)19-6-4-18-5-7-19/h1-3,12,18,20H,4-8H2/t12-/m1/s1. The molecule has 1 saturated heterocycles. The van der Waals surface area contributed by atoms with Crippen molar-refractivity contribution < 1.29 is 13.9 Å². The van der Waals surface area contributed by atoms with Gasteiger partial charge in [0.25, 0.3) is 5.92 Å². The fourth-order valence-electron chi connectivity index (χ4n) is 2.46. The average molecular weight is 325 g/mol. The van der Waals surface area contributed by atoms with Crippen molar-refractivity contribution in [3.8, 4) is 0 Å². The van der Waals surface area contributed by atoms with E-state index in [1.807, 2.05) is 0 Å². The lowest BCUT2D eigenvalue weighted by Gasteiger charge is -2.39. The van der Waals surface area contributed by atoms with Crippen molar-refractivity contribution in [3.05, 3.63) is 33.8 Å². The first-order valence-electron chi connectivity index (χ1n) is 6.34. The zero-order chi connectivity index (χ0) is 14.8. The van der Waals surface area contributed by atoms with Crippen LogP contribution in [0.4, 0.5) is 8.78 Å². The Hall–Kier alpha value is -0.460. The lowest BCUT2D eigenvalue weighted by atomic mass is 9.98.